The lowest BCUT2D eigenvalue weighted by atomic mass is 10.1. The van der Waals surface area contributed by atoms with E-state index < -0.39 is 6.04 Å². The Morgan fingerprint density at radius 1 is 1.12 bits per heavy atom. The van der Waals surface area contributed by atoms with Gasteiger partial charge in [-0.3, -0.25) is 9.59 Å². The SMILES string of the molecule is CCNC(=O)[C@@H](C)N(Cc1ccc(Br)cc1)C(=O)CSc1ccccc1. The third kappa shape index (κ3) is 6.18. The van der Waals surface area contributed by atoms with Crippen LogP contribution in [0.15, 0.2) is 64.0 Å². The van der Waals surface area contributed by atoms with E-state index in [1.54, 1.807) is 11.8 Å². The van der Waals surface area contributed by atoms with Crippen molar-refractivity contribution in [3.05, 3.63) is 64.6 Å². The van der Waals surface area contributed by atoms with Crippen molar-refractivity contribution in [3.8, 4) is 0 Å². The zero-order valence-electron chi connectivity index (χ0n) is 14.9. The maximum atomic E-state index is 12.9. The van der Waals surface area contributed by atoms with E-state index in [4.69, 9.17) is 0 Å². The van der Waals surface area contributed by atoms with Gasteiger partial charge in [0, 0.05) is 22.5 Å². The molecule has 0 aromatic heterocycles. The molecule has 0 spiro atoms. The van der Waals surface area contributed by atoms with Crippen molar-refractivity contribution in [3.63, 3.8) is 0 Å². The first-order valence-corrected chi connectivity index (χ1v) is 10.3. The molecule has 2 rings (SSSR count). The van der Waals surface area contributed by atoms with Crippen molar-refractivity contribution in [2.75, 3.05) is 12.3 Å². The Morgan fingerprint density at radius 3 is 2.38 bits per heavy atom. The van der Waals surface area contributed by atoms with Crippen LogP contribution in [0.2, 0.25) is 0 Å². The lowest BCUT2D eigenvalue weighted by molar-refractivity contribution is -0.138. The summed E-state index contributed by atoms with van der Waals surface area (Å²) in [6.07, 6.45) is 0. The summed E-state index contributed by atoms with van der Waals surface area (Å²) in [6, 6.07) is 17.1. The molecule has 26 heavy (non-hydrogen) atoms. The molecule has 138 valence electrons. The third-order valence-corrected chi connectivity index (χ3v) is 5.42. The maximum Gasteiger partial charge on any atom is 0.242 e. The van der Waals surface area contributed by atoms with Crippen molar-refractivity contribution in [1.82, 2.24) is 10.2 Å². The van der Waals surface area contributed by atoms with Crippen LogP contribution in [0.4, 0.5) is 0 Å². The summed E-state index contributed by atoms with van der Waals surface area (Å²) in [5.41, 5.74) is 0.988. The predicted octanol–water partition coefficient (Wildman–Crippen LogP) is 4.09. The molecule has 0 aliphatic carbocycles. The van der Waals surface area contributed by atoms with Gasteiger partial charge in [-0.2, -0.15) is 0 Å². The molecule has 1 atom stereocenters. The van der Waals surface area contributed by atoms with Crippen molar-refractivity contribution < 1.29 is 9.59 Å². The van der Waals surface area contributed by atoms with Crippen LogP contribution < -0.4 is 5.32 Å². The first kappa shape index (κ1) is 20.5. The molecule has 1 N–H and O–H groups in total. The van der Waals surface area contributed by atoms with Crippen LogP contribution in [0.5, 0.6) is 0 Å². The Morgan fingerprint density at radius 2 is 1.77 bits per heavy atom. The quantitative estimate of drug-likeness (QED) is 0.636. The van der Waals surface area contributed by atoms with Crippen LogP contribution >= 0.6 is 27.7 Å². The fourth-order valence-electron chi connectivity index (χ4n) is 2.44. The average Bonchev–Trinajstić information content (AvgIpc) is 2.66. The second-order valence-corrected chi connectivity index (χ2v) is 7.78. The monoisotopic (exact) mass is 434 g/mol. The van der Waals surface area contributed by atoms with Gasteiger partial charge in [0.25, 0.3) is 0 Å². The van der Waals surface area contributed by atoms with Crippen LogP contribution in [0.1, 0.15) is 19.4 Å². The molecule has 0 radical (unpaired) electrons. The molecule has 0 bridgehead atoms. The first-order chi connectivity index (χ1) is 12.5. The van der Waals surface area contributed by atoms with E-state index in [0.717, 1.165) is 14.9 Å². The summed E-state index contributed by atoms with van der Waals surface area (Å²) in [5.74, 6) is 0.104. The number of amides is 2. The summed E-state index contributed by atoms with van der Waals surface area (Å²) < 4.78 is 0.982. The summed E-state index contributed by atoms with van der Waals surface area (Å²) in [6.45, 7) is 4.59. The van der Waals surface area contributed by atoms with Crippen molar-refractivity contribution >= 4 is 39.5 Å². The van der Waals surface area contributed by atoms with Gasteiger partial charge >= 0.3 is 0 Å². The minimum atomic E-state index is -0.525. The zero-order valence-corrected chi connectivity index (χ0v) is 17.3. The molecule has 0 heterocycles. The van der Waals surface area contributed by atoms with E-state index >= 15 is 0 Å². The number of rotatable bonds is 8. The van der Waals surface area contributed by atoms with Gasteiger partial charge in [-0.05, 0) is 43.7 Å². The third-order valence-electron chi connectivity index (χ3n) is 3.89. The molecule has 0 saturated heterocycles. The Hall–Kier alpha value is -1.79. The smallest absolute Gasteiger partial charge is 0.242 e. The highest BCUT2D eigenvalue weighted by Gasteiger charge is 2.25. The number of likely N-dealkylation sites (N-methyl/N-ethyl adjacent to an activating group) is 1. The highest BCUT2D eigenvalue weighted by Crippen LogP contribution is 2.20. The molecule has 0 aliphatic heterocycles. The van der Waals surface area contributed by atoms with Gasteiger partial charge in [-0.15, -0.1) is 11.8 Å². The number of thioether (sulfide) groups is 1. The standard InChI is InChI=1S/C20H23BrN2O2S/c1-3-22-20(25)15(2)23(13-16-9-11-17(21)12-10-16)19(24)14-26-18-7-5-4-6-8-18/h4-12,15H,3,13-14H2,1-2H3,(H,22,25)/t15-/m1/s1. The minimum absolute atomic E-state index is 0.0551. The Bertz CT molecular complexity index is 722. The van der Waals surface area contributed by atoms with Crippen LogP contribution in [0, 0.1) is 0 Å². The van der Waals surface area contributed by atoms with Gasteiger partial charge in [0.2, 0.25) is 11.8 Å². The summed E-state index contributed by atoms with van der Waals surface area (Å²) >= 11 is 4.90. The number of hydrogen-bond donors (Lipinski definition) is 1. The van der Waals surface area contributed by atoms with Gasteiger partial charge in [0.15, 0.2) is 0 Å². The molecule has 2 aromatic carbocycles. The second-order valence-electron chi connectivity index (χ2n) is 5.82. The van der Waals surface area contributed by atoms with Gasteiger partial charge in [0.1, 0.15) is 6.04 Å². The molecule has 0 unspecified atom stereocenters. The number of nitrogens with one attached hydrogen (secondary N) is 1. The Labute approximate surface area is 167 Å². The number of nitrogens with zero attached hydrogens (tertiary/aromatic N) is 1. The molecule has 2 aromatic rings. The number of hydrogen-bond acceptors (Lipinski definition) is 3. The van der Waals surface area contributed by atoms with Crippen molar-refractivity contribution in [2.24, 2.45) is 0 Å². The Kier molecular flexibility index (Phi) is 8.19. The van der Waals surface area contributed by atoms with Gasteiger partial charge in [0.05, 0.1) is 5.75 Å². The largest absolute Gasteiger partial charge is 0.355 e. The van der Waals surface area contributed by atoms with Gasteiger partial charge < -0.3 is 10.2 Å². The fraction of sp³-hybridized carbons (Fsp3) is 0.300. The normalized spacial score (nSPS) is 11.7. The lowest BCUT2D eigenvalue weighted by Crippen LogP contribution is -2.48. The molecular weight excluding hydrogens is 412 g/mol. The lowest BCUT2D eigenvalue weighted by Gasteiger charge is -2.28. The zero-order chi connectivity index (χ0) is 18.9. The average molecular weight is 435 g/mol. The highest BCUT2D eigenvalue weighted by molar-refractivity contribution is 9.10. The number of benzene rings is 2. The number of halogens is 1. The first-order valence-electron chi connectivity index (χ1n) is 8.50. The van der Waals surface area contributed by atoms with E-state index in [-0.39, 0.29) is 11.8 Å². The minimum Gasteiger partial charge on any atom is -0.355 e. The fourth-order valence-corrected chi connectivity index (χ4v) is 3.51. The number of carbonyl (C=O) groups is 2. The van der Waals surface area contributed by atoms with Crippen LogP contribution in [0.3, 0.4) is 0 Å². The molecule has 6 heteroatoms. The molecule has 0 fully saturated rings. The molecular formula is C20H23BrN2O2S. The van der Waals surface area contributed by atoms with Gasteiger partial charge in [-0.25, -0.2) is 0 Å². The van der Waals surface area contributed by atoms with Crippen molar-refractivity contribution in [1.29, 1.82) is 0 Å². The number of carbonyl (C=O) groups excluding carboxylic acids is 2. The van der Waals surface area contributed by atoms with Crippen LogP contribution in [-0.4, -0.2) is 35.1 Å². The molecule has 2 amide bonds. The van der Waals surface area contributed by atoms with Gasteiger partial charge in [-0.1, -0.05) is 46.3 Å². The molecule has 4 nitrogen and oxygen atoms in total. The highest BCUT2D eigenvalue weighted by atomic mass is 79.9. The molecule has 0 aliphatic rings. The van der Waals surface area contributed by atoms with E-state index in [9.17, 15) is 9.59 Å². The van der Waals surface area contributed by atoms with Crippen molar-refractivity contribution in [2.45, 2.75) is 31.3 Å². The van der Waals surface area contributed by atoms with E-state index in [1.165, 1.54) is 11.8 Å². The van der Waals surface area contributed by atoms with E-state index in [0.29, 0.717) is 18.8 Å². The van der Waals surface area contributed by atoms with E-state index in [2.05, 4.69) is 21.2 Å². The topological polar surface area (TPSA) is 49.4 Å². The maximum absolute atomic E-state index is 12.9. The summed E-state index contributed by atoms with van der Waals surface area (Å²) in [4.78, 5) is 27.8. The summed E-state index contributed by atoms with van der Waals surface area (Å²) in [5, 5.41) is 2.80. The predicted molar refractivity (Wildman–Crippen MR) is 110 cm³/mol. The summed E-state index contributed by atoms with van der Waals surface area (Å²) in [7, 11) is 0. The van der Waals surface area contributed by atoms with Crippen LogP contribution in [0.25, 0.3) is 0 Å². The second kappa shape index (κ2) is 10.4. The Balaban J connectivity index is 2.11. The van der Waals surface area contributed by atoms with Crippen LogP contribution in [-0.2, 0) is 16.1 Å². The molecule has 0 saturated carbocycles. The van der Waals surface area contributed by atoms with E-state index in [1.807, 2.05) is 61.5 Å².